The molecule has 0 aliphatic carbocycles. The van der Waals surface area contributed by atoms with E-state index in [1.54, 1.807) is 12.4 Å². The van der Waals surface area contributed by atoms with Crippen LogP contribution in [0.5, 0.6) is 0 Å². The summed E-state index contributed by atoms with van der Waals surface area (Å²) in [5, 5.41) is 11.1. The lowest BCUT2D eigenvalue weighted by atomic mass is 10.3. The van der Waals surface area contributed by atoms with E-state index in [1.165, 1.54) is 11.3 Å². The van der Waals surface area contributed by atoms with Gasteiger partial charge in [-0.05, 0) is 40.5 Å². The van der Waals surface area contributed by atoms with Gasteiger partial charge < -0.3 is 5.32 Å². The van der Waals surface area contributed by atoms with Crippen molar-refractivity contribution in [3.63, 3.8) is 0 Å². The van der Waals surface area contributed by atoms with Gasteiger partial charge in [0.2, 0.25) is 0 Å². The maximum absolute atomic E-state index is 11.8. The molecule has 0 aromatic carbocycles. The van der Waals surface area contributed by atoms with E-state index in [0.29, 0.717) is 5.69 Å². The number of hydrogen-bond donors (Lipinski definition) is 2. The van der Waals surface area contributed by atoms with Gasteiger partial charge in [-0.15, -0.1) is 11.3 Å². The zero-order valence-electron chi connectivity index (χ0n) is 7.87. The Balaban J connectivity index is 2.19. The van der Waals surface area contributed by atoms with E-state index in [1.807, 2.05) is 12.3 Å². The van der Waals surface area contributed by atoms with Crippen LogP contribution in [-0.4, -0.2) is 16.1 Å². The zero-order chi connectivity index (χ0) is 10.8. The minimum Gasteiger partial charge on any atom is -0.319 e. The molecule has 0 unspecified atom stereocenters. The molecule has 78 valence electrons. The minimum absolute atomic E-state index is 0.0844. The van der Waals surface area contributed by atoms with Gasteiger partial charge in [0, 0.05) is 9.77 Å². The Morgan fingerprint density at radius 1 is 1.67 bits per heavy atom. The van der Waals surface area contributed by atoms with E-state index in [2.05, 4.69) is 38.1 Å². The zero-order valence-corrected chi connectivity index (χ0v) is 10.8. The fourth-order valence-electron chi connectivity index (χ4n) is 1.09. The Hall–Kier alpha value is -0.890. The van der Waals surface area contributed by atoms with Crippen molar-refractivity contribution in [2.45, 2.75) is 6.92 Å². The number of hydrogen-bond acceptors (Lipinski definition) is 3. The quantitative estimate of drug-likeness (QED) is 0.830. The van der Waals surface area contributed by atoms with E-state index in [0.717, 1.165) is 14.0 Å². The minimum atomic E-state index is -0.0844. The van der Waals surface area contributed by atoms with Crippen molar-refractivity contribution in [1.29, 1.82) is 0 Å². The van der Waals surface area contributed by atoms with Crippen LogP contribution in [0, 0.1) is 10.5 Å². The molecular formula is C9H8IN3OS. The molecule has 2 aromatic rings. The number of aromatic amines is 1. The van der Waals surface area contributed by atoms with Crippen molar-refractivity contribution in [3.05, 3.63) is 31.8 Å². The summed E-state index contributed by atoms with van der Waals surface area (Å²) in [5.74, 6) is -0.0844. The number of nitrogens with one attached hydrogen (secondary N) is 2. The first-order valence-electron chi connectivity index (χ1n) is 4.22. The number of carbonyl (C=O) groups is 1. The molecule has 1 amide bonds. The van der Waals surface area contributed by atoms with E-state index in [9.17, 15) is 4.79 Å². The molecule has 0 saturated carbocycles. The van der Waals surface area contributed by atoms with E-state index in [-0.39, 0.29) is 5.91 Å². The number of H-pyrrole nitrogens is 1. The number of anilines is 1. The van der Waals surface area contributed by atoms with Crippen LogP contribution in [0.4, 0.5) is 5.69 Å². The average molecular weight is 333 g/mol. The van der Waals surface area contributed by atoms with Gasteiger partial charge in [0.05, 0.1) is 11.9 Å². The van der Waals surface area contributed by atoms with Crippen LogP contribution < -0.4 is 5.32 Å². The first-order valence-corrected chi connectivity index (χ1v) is 6.18. The Bertz CT molecular complexity index is 478. The molecule has 2 heterocycles. The molecule has 0 bridgehead atoms. The summed E-state index contributed by atoms with van der Waals surface area (Å²) < 4.78 is 1.01. The third kappa shape index (κ3) is 2.20. The molecule has 0 fully saturated rings. The van der Waals surface area contributed by atoms with Gasteiger partial charge >= 0.3 is 0 Å². The predicted octanol–water partition coefficient (Wildman–Crippen LogP) is 2.64. The first kappa shape index (κ1) is 10.6. The van der Waals surface area contributed by atoms with Crippen molar-refractivity contribution >= 4 is 45.5 Å². The van der Waals surface area contributed by atoms with Crippen molar-refractivity contribution in [3.8, 4) is 0 Å². The van der Waals surface area contributed by atoms with Crippen LogP contribution in [0.2, 0.25) is 0 Å². The van der Waals surface area contributed by atoms with Gasteiger partial charge in [-0.1, -0.05) is 0 Å². The number of amides is 1. The smallest absolute Gasteiger partial charge is 0.266 e. The highest BCUT2D eigenvalue weighted by molar-refractivity contribution is 14.1. The van der Waals surface area contributed by atoms with Gasteiger partial charge in [-0.2, -0.15) is 5.10 Å². The van der Waals surface area contributed by atoms with Crippen LogP contribution in [0.3, 0.4) is 0 Å². The molecule has 0 spiro atoms. The molecular weight excluding hydrogens is 325 g/mol. The van der Waals surface area contributed by atoms with Gasteiger partial charge in [0.15, 0.2) is 0 Å². The average Bonchev–Trinajstić information content (AvgIpc) is 2.79. The molecule has 6 heteroatoms. The molecule has 0 atom stereocenters. The largest absolute Gasteiger partial charge is 0.319 e. The number of aromatic nitrogens is 2. The van der Waals surface area contributed by atoms with Crippen molar-refractivity contribution in [1.82, 2.24) is 10.2 Å². The highest BCUT2D eigenvalue weighted by Crippen LogP contribution is 2.24. The van der Waals surface area contributed by atoms with Crippen molar-refractivity contribution < 1.29 is 4.79 Å². The molecule has 2 rings (SSSR count). The Morgan fingerprint density at radius 3 is 3.00 bits per heavy atom. The molecule has 0 aliphatic rings. The predicted molar refractivity (Wildman–Crippen MR) is 68.3 cm³/mol. The summed E-state index contributed by atoms with van der Waals surface area (Å²) in [6.45, 7) is 1.99. The fraction of sp³-hybridized carbons (Fsp3) is 0.111. The van der Waals surface area contributed by atoms with Gasteiger partial charge in [0.1, 0.15) is 4.88 Å². The number of carbonyl (C=O) groups excluding carboxylic acids is 1. The summed E-state index contributed by atoms with van der Waals surface area (Å²) in [6.07, 6.45) is 3.22. The fourth-order valence-corrected chi connectivity index (χ4v) is 2.92. The monoisotopic (exact) mass is 333 g/mol. The normalized spacial score (nSPS) is 10.3. The molecule has 0 saturated heterocycles. The van der Waals surface area contributed by atoms with Crippen LogP contribution in [-0.2, 0) is 0 Å². The van der Waals surface area contributed by atoms with Crippen LogP contribution in [0.1, 0.15) is 15.2 Å². The van der Waals surface area contributed by atoms with E-state index in [4.69, 9.17) is 0 Å². The molecule has 2 N–H and O–H groups in total. The molecule has 4 nitrogen and oxygen atoms in total. The SMILES string of the molecule is Cc1csc(C(=O)Nc2cn[nH]c2)c1I. The van der Waals surface area contributed by atoms with Crippen LogP contribution in [0.15, 0.2) is 17.8 Å². The lowest BCUT2D eigenvalue weighted by Crippen LogP contribution is -2.10. The van der Waals surface area contributed by atoms with Gasteiger partial charge in [0.25, 0.3) is 5.91 Å². The first-order chi connectivity index (χ1) is 7.18. The maximum Gasteiger partial charge on any atom is 0.266 e. The summed E-state index contributed by atoms with van der Waals surface area (Å²) in [4.78, 5) is 12.5. The maximum atomic E-state index is 11.8. The summed E-state index contributed by atoms with van der Waals surface area (Å²) in [7, 11) is 0. The standard InChI is InChI=1S/C9H8IN3OS/c1-5-4-15-8(7(5)10)9(14)13-6-2-11-12-3-6/h2-4H,1H3,(H,11,12)(H,13,14). The highest BCUT2D eigenvalue weighted by atomic mass is 127. The number of nitrogens with zero attached hydrogens (tertiary/aromatic N) is 1. The van der Waals surface area contributed by atoms with E-state index < -0.39 is 0 Å². The molecule has 2 aromatic heterocycles. The highest BCUT2D eigenvalue weighted by Gasteiger charge is 2.14. The lowest BCUT2D eigenvalue weighted by molar-refractivity contribution is 0.103. The summed E-state index contributed by atoms with van der Waals surface area (Å²) >= 11 is 3.64. The third-order valence-corrected chi connectivity index (χ3v) is 4.71. The van der Waals surface area contributed by atoms with Crippen molar-refractivity contribution in [2.24, 2.45) is 0 Å². The lowest BCUT2D eigenvalue weighted by Gasteiger charge is -1.99. The second-order valence-electron chi connectivity index (χ2n) is 3.00. The second kappa shape index (κ2) is 4.31. The van der Waals surface area contributed by atoms with Gasteiger partial charge in [-0.25, -0.2) is 0 Å². The Morgan fingerprint density at radius 2 is 2.47 bits per heavy atom. The number of thiophene rings is 1. The van der Waals surface area contributed by atoms with Crippen LogP contribution >= 0.6 is 33.9 Å². The number of aryl methyl sites for hydroxylation is 1. The summed E-state index contributed by atoms with van der Waals surface area (Å²) in [5.41, 5.74) is 1.82. The summed E-state index contributed by atoms with van der Waals surface area (Å²) in [6, 6.07) is 0. The molecule has 15 heavy (non-hydrogen) atoms. The Labute approximate surface area is 104 Å². The topological polar surface area (TPSA) is 57.8 Å². The molecule has 0 radical (unpaired) electrons. The van der Waals surface area contributed by atoms with Gasteiger partial charge in [-0.3, -0.25) is 9.89 Å². The molecule has 0 aliphatic heterocycles. The Kier molecular flexibility index (Phi) is 3.06. The third-order valence-electron chi connectivity index (χ3n) is 1.86. The number of rotatable bonds is 2. The number of halogens is 1. The van der Waals surface area contributed by atoms with E-state index >= 15 is 0 Å². The second-order valence-corrected chi connectivity index (χ2v) is 4.96. The van der Waals surface area contributed by atoms with Crippen molar-refractivity contribution in [2.75, 3.05) is 5.32 Å². The van der Waals surface area contributed by atoms with Crippen LogP contribution in [0.25, 0.3) is 0 Å².